The van der Waals surface area contributed by atoms with Gasteiger partial charge in [0.2, 0.25) is 0 Å². The number of amides is 1. The molecule has 0 heterocycles. The van der Waals surface area contributed by atoms with E-state index in [1.54, 1.807) is 42.5 Å². The molecule has 0 aliphatic rings. The Kier molecular flexibility index (Phi) is 5.44. The van der Waals surface area contributed by atoms with Gasteiger partial charge in [-0.05, 0) is 61.5 Å². The topological polar surface area (TPSA) is 47.6 Å². The first-order chi connectivity index (χ1) is 12.5. The maximum Gasteiger partial charge on any atom is 0.259 e. The number of ether oxygens (including phenoxy) is 2. The summed E-state index contributed by atoms with van der Waals surface area (Å²) in [6, 6.07) is 19.9. The molecule has 132 valence electrons. The maximum absolute atomic E-state index is 12.5. The second kappa shape index (κ2) is 7.93. The van der Waals surface area contributed by atoms with Crippen LogP contribution in [0.3, 0.4) is 0 Å². The predicted molar refractivity (Wildman–Crippen MR) is 104 cm³/mol. The van der Waals surface area contributed by atoms with Gasteiger partial charge in [0.15, 0.2) is 0 Å². The van der Waals surface area contributed by atoms with Gasteiger partial charge < -0.3 is 14.8 Å². The molecule has 5 heteroatoms. The van der Waals surface area contributed by atoms with E-state index >= 15 is 0 Å². The molecule has 0 fully saturated rings. The fourth-order valence-electron chi connectivity index (χ4n) is 2.40. The molecular weight excluding hydrogens is 350 g/mol. The highest BCUT2D eigenvalue weighted by Gasteiger charge is 2.13. The van der Waals surface area contributed by atoms with Gasteiger partial charge in [-0.1, -0.05) is 29.3 Å². The minimum absolute atomic E-state index is 0.295. The van der Waals surface area contributed by atoms with Crippen molar-refractivity contribution >= 4 is 23.2 Å². The molecule has 1 amide bonds. The van der Waals surface area contributed by atoms with E-state index in [9.17, 15) is 4.79 Å². The van der Waals surface area contributed by atoms with Crippen LogP contribution >= 0.6 is 11.6 Å². The van der Waals surface area contributed by atoms with Crippen LogP contribution in [0, 0.1) is 6.92 Å². The number of methoxy groups -OCH3 is 1. The molecule has 4 nitrogen and oxygen atoms in total. The summed E-state index contributed by atoms with van der Waals surface area (Å²) in [5, 5.41) is 3.30. The number of carbonyl (C=O) groups excluding carboxylic acids is 1. The molecule has 3 aromatic carbocycles. The zero-order chi connectivity index (χ0) is 18.5. The van der Waals surface area contributed by atoms with Gasteiger partial charge in [-0.2, -0.15) is 0 Å². The van der Waals surface area contributed by atoms with Crippen molar-refractivity contribution in [1.82, 2.24) is 0 Å². The Hall–Kier alpha value is -2.98. The van der Waals surface area contributed by atoms with Crippen LogP contribution in [0.15, 0.2) is 66.7 Å². The second-order valence-corrected chi connectivity index (χ2v) is 6.17. The molecule has 0 aliphatic carbocycles. The zero-order valence-electron chi connectivity index (χ0n) is 14.5. The third kappa shape index (κ3) is 4.35. The number of aryl methyl sites for hydroxylation is 1. The fourth-order valence-corrected chi connectivity index (χ4v) is 2.58. The Bertz CT molecular complexity index is 906. The lowest BCUT2D eigenvalue weighted by atomic mass is 10.2. The summed E-state index contributed by atoms with van der Waals surface area (Å²) in [5.41, 5.74) is 2.19. The number of hydrogen-bond donors (Lipinski definition) is 1. The summed E-state index contributed by atoms with van der Waals surface area (Å²) in [6.45, 7) is 2.02. The number of halogens is 1. The SMILES string of the molecule is COc1ccc(Cl)cc1C(=O)Nc1ccc(Oc2ccc(C)cc2)cc1. The fraction of sp³-hybridized carbons (Fsp3) is 0.0952. The third-order valence-electron chi connectivity index (χ3n) is 3.78. The molecule has 26 heavy (non-hydrogen) atoms. The van der Waals surface area contributed by atoms with Gasteiger partial charge in [0.25, 0.3) is 5.91 Å². The van der Waals surface area contributed by atoms with Gasteiger partial charge in [0, 0.05) is 10.7 Å². The minimum atomic E-state index is -0.295. The highest BCUT2D eigenvalue weighted by molar-refractivity contribution is 6.31. The van der Waals surface area contributed by atoms with Crippen molar-refractivity contribution in [3.05, 3.63) is 82.9 Å². The van der Waals surface area contributed by atoms with Crippen LogP contribution in [-0.2, 0) is 0 Å². The Morgan fingerprint density at radius 2 is 1.54 bits per heavy atom. The van der Waals surface area contributed by atoms with Gasteiger partial charge in [0.1, 0.15) is 17.2 Å². The van der Waals surface area contributed by atoms with Crippen LogP contribution in [0.4, 0.5) is 5.69 Å². The number of carbonyl (C=O) groups is 1. The summed E-state index contributed by atoms with van der Waals surface area (Å²) in [7, 11) is 1.51. The van der Waals surface area contributed by atoms with E-state index in [0.29, 0.717) is 27.8 Å². The van der Waals surface area contributed by atoms with Crippen LogP contribution < -0.4 is 14.8 Å². The first-order valence-corrected chi connectivity index (χ1v) is 8.42. The summed E-state index contributed by atoms with van der Waals surface area (Å²) < 4.78 is 11.0. The number of hydrogen-bond acceptors (Lipinski definition) is 3. The molecule has 0 aliphatic heterocycles. The Morgan fingerprint density at radius 1 is 0.923 bits per heavy atom. The minimum Gasteiger partial charge on any atom is -0.496 e. The van der Waals surface area contributed by atoms with Crippen molar-refractivity contribution in [2.75, 3.05) is 12.4 Å². The molecule has 0 radical (unpaired) electrons. The van der Waals surface area contributed by atoms with Crippen molar-refractivity contribution in [1.29, 1.82) is 0 Å². The summed E-state index contributed by atoms with van der Waals surface area (Å²) >= 11 is 5.98. The maximum atomic E-state index is 12.5. The molecule has 3 rings (SSSR count). The monoisotopic (exact) mass is 367 g/mol. The largest absolute Gasteiger partial charge is 0.496 e. The third-order valence-corrected chi connectivity index (χ3v) is 4.01. The van der Waals surface area contributed by atoms with Crippen molar-refractivity contribution in [3.63, 3.8) is 0 Å². The smallest absolute Gasteiger partial charge is 0.259 e. The van der Waals surface area contributed by atoms with Crippen molar-refractivity contribution in [2.24, 2.45) is 0 Å². The lowest BCUT2D eigenvalue weighted by molar-refractivity contribution is 0.102. The Labute approximate surface area is 157 Å². The highest BCUT2D eigenvalue weighted by atomic mass is 35.5. The lowest BCUT2D eigenvalue weighted by Crippen LogP contribution is -2.13. The zero-order valence-corrected chi connectivity index (χ0v) is 15.2. The quantitative estimate of drug-likeness (QED) is 0.629. The molecule has 3 aromatic rings. The molecule has 0 bridgehead atoms. The average Bonchev–Trinajstić information content (AvgIpc) is 2.65. The van der Waals surface area contributed by atoms with Crippen LogP contribution in [0.5, 0.6) is 17.2 Å². The Balaban J connectivity index is 1.70. The van der Waals surface area contributed by atoms with Crippen LogP contribution in [0.25, 0.3) is 0 Å². The highest BCUT2D eigenvalue weighted by Crippen LogP contribution is 2.26. The lowest BCUT2D eigenvalue weighted by Gasteiger charge is -2.11. The summed E-state index contributed by atoms with van der Waals surface area (Å²) in [6.07, 6.45) is 0. The first-order valence-electron chi connectivity index (χ1n) is 8.04. The Morgan fingerprint density at radius 3 is 2.15 bits per heavy atom. The van der Waals surface area contributed by atoms with Crippen molar-refractivity contribution in [2.45, 2.75) is 6.92 Å². The average molecular weight is 368 g/mol. The number of rotatable bonds is 5. The van der Waals surface area contributed by atoms with E-state index in [0.717, 1.165) is 5.75 Å². The van der Waals surface area contributed by atoms with E-state index < -0.39 is 0 Å². The van der Waals surface area contributed by atoms with Crippen LogP contribution in [0.2, 0.25) is 5.02 Å². The van der Waals surface area contributed by atoms with Crippen molar-refractivity contribution < 1.29 is 14.3 Å². The molecule has 0 saturated heterocycles. The standard InChI is InChI=1S/C21H18ClNO3/c1-14-3-8-17(9-4-14)26-18-10-6-16(7-11-18)23-21(24)19-13-15(22)5-12-20(19)25-2/h3-13H,1-2H3,(H,23,24). The second-order valence-electron chi connectivity index (χ2n) is 5.74. The number of anilines is 1. The number of nitrogens with one attached hydrogen (secondary N) is 1. The van der Waals surface area contributed by atoms with Gasteiger partial charge in [-0.15, -0.1) is 0 Å². The van der Waals surface area contributed by atoms with E-state index in [2.05, 4.69) is 5.32 Å². The van der Waals surface area contributed by atoms with Gasteiger partial charge in [-0.3, -0.25) is 4.79 Å². The van der Waals surface area contributed by atoms with E-state index in [4.69, 9.17) is 21.1 Å². The van der Waals surface area contributed by atoms with Gasteiger partial charge in [0.05, 0.1) is 12.7 Å². The number of benzene rings is 3. The summed E-state index contributed by atoms with van der Waals surface area (Å²) in [5.74, 6) is 1.62. The van der Waals surface area contributed by atoms with E-state index in [1.807, 2.05) is 31.2 Å². The molecule has 1 N–H and O–H groups in total. The molecule has 0 atom stereocenters. The molecular formula is C21H18ClNO3. The van der Waals surface area contributed by atoms with E-state index in [1.165, 1.54) is 12.7 Å². The summed E-state index contributed by atoms with van der Waals surface area (Å²) in [4.78, 5) is 12.5. The molecule has 0 aromatic heterocycles. The van der Waals surface area contributed by atoms with Gasteiger partial charge in [-0.25, -0.2) is 0 Å². The molecule has 0 spiro atoms. The predicted octanol–water partition coefficient (Wildman–Crippen LogP) is 5.70. The van der Waals surface area contributed by atoms with Gasteiger partial charge >= 0.3 is 0 Å². The van der Waals surface area contributed by atoms with Crippen LogP contribution in [0.1, 0.15) is 15.9 Å². The molecule has 0 saturated carbocycles. The van der Waals surface area contributed by atoms with Crippen molar-refractivity contribution in [3.8, 4) is 17.2 Å². The normalized spacial score (nSPS) is 10.3. The van der Waals surface area contributed by atoms with Crippen LogP contribution in [-0.4, -0.2) is 13.0 Å². The first kappa shape index (κ1) is 17.8. The molecule has 0 unspecified atom stereocenters. The van der Waals surface area contributed by atoms with E-state index in [-0.39, 0.29) is 5.91 Å².